The van der Waals surface area contributed by atoms with Crippen LogP contribution in [-0.2, 0) is 10.1 Å². The van der Waals surface area contributed by atoms with Crippen LogP contribution >= 0.6 is 12.6 Å². The molecule has 0 unspecified atom stereocenters. The summed E-state index contributed by atoms with van der Waals surface area (Å²) in [6, 6.07) is 24.8. The highest BCUT2D eigenvalue weighted by atomic mass is 32.2. The van der Waals surface area contributed by atoms with E-state index in [1.807, 2.05) is 48.5 Å². The molecule has 0 aliphatic heterocycles. The smallest absolute Gasteiger partial charge is 0.294 e. The van der Waals surface area contributed by atoms with Crippen LogP contribution in [0.1, 0.15) is 10.4 Å². The summed E-state index contributed by atoms with van der Waals surface area (Å²) in [7, 11) is -4.33. The maximum atomic E-state index is 12.8. The summed E-state index contributed by atoms with van der Waals surface area (Å²) >= 11 is 4.33. The van der Waals surface area contributed by atoms with Gasteiger partial charge in [-0.1, -0.05) is 48.5 Å². The standard InChI is InChI=1S/C23H17NO4S2/c25-23(18-8-4-7-16(11-18)15-5-2-1-3-6-15)24-19-10-9-17-12-20(30(26,27)28)14-22(29)21(17)13-19/h1-14,29H,(H,24,25)(H,26,27,28). The van der Waals surface area contributed by atoms with Crippen molar-refractivity contribution >= 4 is 45.1 Å². The Kier molecular flexibility index (Phi) is 5.34. The normalized spacial score (nSPS) is 11.4. The molecule has 150 valence electrons. The molecule has 0 spiro atoms. The predicted molar refractivity (Wildman–Crippen MR) is 121 cm³/mol. The molecule has 4 rings (SSSR count). The molecular weight excluding hydrogens is 418 g/mol. The third kappa shape index (κ3) is 4.23. The van der Waals surface area contributed by atoms with E-state index in [0.29, 0.717) is 26.9 Å². The minimum absolute atomic E-state index is 0.227. The van der Waals surface area contributed by atoms with E-state index in [1.165, 1.54) is 12.1 Å². The fourth-order valence-corrected chi connectivity index (χ4v) is 4.17. The van der Waals surface area contributed by atoms with Crippen molar-refractivity contribution < 1.29 is 17.8 Å². The average molecular weight is 436 g/mol. The molecule has 30 heavy (non-hydrogen) atoms. The van der Waals surface area contributed by atoms with Crippen LogP contribution in [0.15, 0.2) is 94.7 Å². The summed E-state index contributed by atoms with van der Waals surface area (Å²) in [5, 5.41) is 4.10. The van der Waals surface area contributed by atoms with Gasteiger partial charge in [-0.15, -0.1) is 12.6 Å². The van der Waals surface area contributed by atoms with Crippen molar-refractivity contribution in [1.29, 1.82) is 0 Å². The summed E-state index contributed by atoms with van der Waals surface area (Å²) in [6.45, 7) is 0. The summed E-state index contributed by atoms with van der Waals surface area (Å²) in [6.07, 6.45) is 0. The Morgan fingerprint density at radius 2 is 1.57 bits per heavy atom. The van der Waals surface area contributed by atoms with Gasteiger partial charge in [0.15, 0.2) is 0 Å². The number of rotatable bonds is 4. The molecule has 4 aromatic rings. The first-order chi connectivity index (χ1) is 14.3. The van der Waals surface area contributed by atoms with Gasteiger partial charge in [-0.05, 0) is 58.3 Å². The zero-order valence-electron chi connectivity index (χ0n) is 15.6. The van der Waals surface area contributed by atoms with Crippen molar-refractivity contribution in [2.75, 3.05) is 5.32 Å². The molecule has 5 nitrogen and oxygen atoms in total. The van der Waals surface area contributed by atoms with E-state index in [0.717, 1.165) is 11.1 Å². The first-order valence-electron chi connectivity index (χ1n) is 9.02. The van der Waals surface area contributed by atoms with Crippen molar-refractivity contribution in [3.05, 3.63) is 90.5 Å². The molecule has 0 aliphatic carbocycles. The van der Waals surface area contributed by atoms with Crippen molar-refractivity contribution in [1.82, 2.24) is 0 Å². The van der Waals surface area contributed by atoms with Crippen LogP contribution in [0.5, 0.6) is 0 Å². The number of benzene rings is 4. The van der Waals surface area contributed by atoms with Gasteiger partial charge in [0.05, 0.1) is 4.90 Å². The second-order valence-corrected chi connectivity index (χ2v) is 8.66. The van der Waals surface area contributed by atoms with Crippen LogP contribution in [0, 0.1) is 0 Å². The van der Waals surface area contributed by atoms with Gasteiger partial charge in [-0.2, -0.15) is 8.42 Å². The lowest BCUT2D eigenvalue weighted by Gasteiger charge is -2.10. The fraction of sp³-hybridized carbons (Fsp3) is 0. The van der Waals surface area contributed by atoms with Crippen LogP contribution in [0.4, 0.5) is 5.69 Å². The van der Waals surface area contributed by atoms with Crippen LogP contribution in [0.2, 0.25) is 0 Å². The van der Waals surface area contributed by atoms with Gasteiger partial charge < -0.3 is 5.32 Å². The Balaban J connectivity index is 1.63. The zero-order chi connectivity index (χ0) is 21.3. The maximum absolute atomic E-state index is 12.8. The molecule has 0 saturated heterocycles. The van der Waals surface area contributed by atoms with E-state index < -0.39 is 10.1 Å². The van der Waals surface area contributed by atoms with Crippen LogP contribution in [0.25, 0.3) is 21.9 Å². The fourth-order valence-electron chi connectivity index (χ4n) is 3.21. The Morgan fingerprint density at radius 1 is 0.833 bits per heavy atom. The SMILES string of the molecule is O=C(Nc1ccc2cc(S(=O)(=O)O)cc(S)c2c1)c1cccc(-c2ccccc2)c1. The molecule has 0 heterocycles. The zero-order valence-corrected chi connectivity index (χ0v) is 17.3. The number of anilines is 1. The van der Waals surface area contributed by atoms with Crippen LogP contribution in [-0.4, -0.2) is 18.9 Å². The molecule has 0 saturated carbocycles. The summed E-state index contributed by atoms with van der Waals surface area (Å²) in [4.78, 5) is 12.9. The molecule has 0 atom stereocenters. The number of fused-ring (bicyclic) bond motifs is 1. The molecule has 0 radical (unpaired) electrons. The van der Waals surface area contributed by atoms with Gasteiger partial charge in [0.1, 0.15) is 0 Å². The van der Waals surface area contributed by atoms with Gasteiger partial charge in [0.25, 0.3) is 16.0 Å². The quantitative estimate of drug-likeness (QED) is 0.300. The highest BCUT2D eigenvalue weighted by molar-refractivity contribution is 7.86. The van der Waals surface area contributed by atoms with Crippen LogP contribution < -0.4 is 5.32 Å². The summed E-state index contributed by atoms with van der Waals surface area (Å²) in [5.41, 5.74) is 3.03. The maximum Gasteiger partial charge on any atom is 0.294 e. The molecular formula is C23H17NO4S2. The van der Waals surface area contributed by atoms with Crippen molar-refractivity contribution in [2.24, 2.45) is 0 Å². The minimum atomic E-state index is -4.33. The molecule has 4 aromatic carbocycles. The average Bonchev–Trinajstić information content (AvgIpc) is 2.74. The molecule has 1 amide bonds. The van der Waals surface area contributed by atoms with Gasteiger partial charge in [-0.25, -0.2) is 0 Å². The Labute approximate surface area is 179 Å². The van der Waals surface area contributed by atoms with E-state index in [1.54, 1.807) is 24.3 Å². The Bertz CT molecular complexity index is 1370. The van der Waals surface area contributed by atoms with E-state index in [4.69, 9.17) is 0 Å². The van der Waals surface area contributed by atoms with E-state index in [2.05, 4.69) is 17.9 Å². The van der Waals surface area contributed by atoms with Gasteiger partial charge >= 0.3 is 0 Å². The monoisotopic (exact) mass is 435 g/mol. The van der Waals surface area contributed by atoms with Crippen molar-refractivity contribution in [2.45, 2.75) is 9.79 Å². The van der Waals surface area contributed by atoms with E-state index in [-0.39, 0.29) is 10.8 Å². The molecule has 0 aliphatic rings. The van der Waals surface area contributed by atoms with Gasteiger partial charge in [0, 0.05) is 16.1 Å². The third-order valence-electron chi connectivity index (χ3n) is 4.69. The number of thiol groups is 1. The number of amides is 1. The number of hydrogen-bond donors (Lipinski definition) is 3. The lowest BCUT2D eigenvalue weighted by atomic mass is 10.0. The largest absolute Gasteiger partial charge is 0.322 e. The third-order valence-corrected chi connectivity index (χ3v) is 5.90. The molecule has 0 aromatic heterocycles. The number of carbonyl (C=O) groups excluding carboxylic acids is 1. The second kappa shape index (κ2) is 7.95. The lowest BCUT2D eigenvalue weighted by molar-refractivity contribution is 0.102. The lowest BCUT2D eigenvalue weighted by Crippen LogP contribution is -2.11. The molecule has 7 heteroatoms. The first-order valence-corrected chi connectivity index (χ1v) is 10.9. The second-order valence-electron chi connectivity index (χ2n) is 6.75. The van der Waals surface area contributed by atoms with E-state index >= 15 is 0 Å². The van der Waals surface area contributed by atoms with E-state index in [9.17, 15) is 17.8 Å². The topological polar surface area (TPSA) is 83.5 Å². The predicted octanol–water partition coefficient (Wildman–Crippen LogP) is 5.29. The van der Waals surface area contributed by atoms with Gasteiger partial charge in [0.2, 0.25) is 0 Å². The molecule has 0 bridgehead atoms. The number of carbonyl (C=O) groups is 1. The highest BCUT2D eigenvalue weighted by Gasteiger charge is 2.14. The van der Waals surface area contributed by atoms with Crippen molar-refractivity contribution in [3.63, 3.8) is 0 Å². The molecule has 0 fully saturated rings. The van der Waals surface area contributed by atoms with Crippen molar-refractivity contribution in [3.8, 4) is 11.1 Å². The molecule has 2 N–H and O–H groups in total. The first kappa shape index (κ1) is 20.2. The van der Waals surface area contributed by atoms with Gasteiger partial charge in [-0.3, -0.25) is 9.35 Å². The minimum Gasteiger partial charge on any atom is -0.322 e. The van der Waals surface area contributed by atoms with Crippen LogP contribution in [0.3, 0.4) is 0 Å². The summed E-state index contributed by atoms with van der Waals surface area (Å²) in [5.74, 6) is -0.262. The number of hydrogen-bond acceptors (Lipinski definition) is 4. The summed E-state index contributed by atoms with van der Waals surface area (Å²) < 4.78 is 32.0. The highest BCUT2D eigenvalue weighted by Crippen LogP contribution is 2.29. The Hall–Kier alpha value is -3.13. The number of nitrogens with one attached hydrogen (secondary N) is 1. The Morgan fingerprint density at radius 3 is 2.30 bits per heavy atom.